The number of carbonyl (C=O) groups is 2. The van der Waals surface area contributed by atoms with Gasteiger partial charge in [-0.3, -0.25) is 19.7 Å². The fourth-order valence-corrected chi connectivity index (χ4v) is 4.00. The van der Waals surface area contributed by atoms with Crippen molar-refractivity contribution in [3.05, 3.63) is 88.0 Å². The smallest absolute Gasteiger partial charge is 0.270 e. The van der Waals surface area contributed by atoms with Gasteiger partial charge in [-0.05, 0) is 42.5 Å². The molecule has 0 saturated carbocycles. The SMILES string of the molecule is COc1cc(OC)cc(C(=O)N2CCN(c3ccc(NC(=O)c4cccc([N+](=O)[O-])c4)cc3)CC2)c1. The van der Waals surface area contributed by atoms with Crippen LogP contribution >= 0.6 is 0 Å². The van der Waals surface area contributed by atoms with Crippen LogP contribution in [0, 0.1) is 10.1 Å². The lowest BCUT2D eigenvalue weighted by Gasteiger charge is -2.36. The number of nitrogens with one attached hydrogen (secondary N) is 1. The molecule has 10 nitrogen and oxygen atoms in total. The summed E-state index contributed by atoms with van der Waals surface area (Å²) in [7, 11) is 3.10. The molecule has 0 unspecified atom stereocenters. The monoisotopic (exact) mass is 490 g/mol. The number of carbonyl (C=O) groups excluding carboxylic acids is 2. The van der Waals surface area contributed by atoms with Crippen LogP contribution in [0.5, 0.6) is 11.5 Å². The summed E-state index contributed by atoms with van der Waals surface area (Å²) >= 11 is 0. The summed E-state index contributed by atoms with van der Waals surface area (Å²) in [6.07, 6.45) is 0. The van der Waals surface area contributed by atoms with E-state index in [2.05, 4.69) is 10.2 Å². The molecule has 3 aromatic rings. The molecule has 1 saturated heterocycles. The second-order valence-corrected chi connectivity index (χ2v) is 8.19. The zero-order valence-electron chi connectivity index (χ0n) is 20.0. The van der Waals surface area contributed by atoms with Crippen LogP contribution in [0.15, 0.2) is 66.7 Å². The lowest BCUT2D eigenvalue weighted by molar-refractivity contribution is -0.384. The third-order valence-electron chi connectivity index (χ3n) is 5.97. The van der Waals surface area contributed by atoms with Gasteiger partial charge in [0, 0.05) is 66.9 Å². The van der Waals surface area contributed by atoms with E-state index in [9.17, 15) is 19.7 Å². The second-order valence-electron chi connectivity index (χ2n) is 8.19. The number of ether oxygens (including phenoxy) is 2. The number of nitrogens with zero attached hydrogens (tertiary/aromatic N) is 3. The first-order chi connectivity index (χ1) is 17.4. The van der Waals surface area contributed by atoms with Gasteiger partial charge in [0.1, 0.15) is 11.5 Å². The van der Waals surface area contributed by atoms with Gasteiger partial charge in [0.15, 0.2) is 0 Å². The van der Waals surface area contributed by atoms with Crippen LogP contribution < -0.4 is 19.7 Å². The van der Waals surface area contributed by atoms with Gasteiger partial charge in [-0.15, -0.1) is 0 Å². The Kier molecular flexibility index (Phi) is 7.33. The van der Waals surface area contributed by atoms with E-state index in [1.54, 1.807) is 49.5 Å². The molecule has 1 aliphatic rings. The van der Waals surface area contributed by atoms with Gasteiger partial charge in [-0.1, -0.05) is 6.07 Å². The highest BCUT2D eigenvalue weighted by Crippen LogP contribution is 2.25. The molecule has 2 amide bonds. The molecule has 0 bridgehead atoms. The minimum atomic E-state index is -0.535. The van der Waals surface area contributed by atoms with Crippen LogP contribution in [-0.4, -0.2) is 62.0 Å². The highest BCUT2D eigenvalue weighted by atomic mass is 16.6. The third-order valence-corrected chi connectivity index (χ3v) is 5.97. The Morgan fingerprint density at radius 1 is 0.861 bits per heavy atom. The first-order valence-corrected chi connectivity index (χ1v) is 11.3. The average Bonchev–Trinajstić information content (AvgIpc) is 2.92. The Labute approximate surface area is 208 Å². The van der Waals surface area contributed by atoms with Crippen molar-refractivity contribution in [2.45, 2.75) is 0 Å². The summed E-state index contributed by atoms with van der Waals surface area (Å²) in [5, 5.41) is 13.7. The van der Waals surface area contributed by atoms with E-state index < -0.39 is 10.8 Å². The minimum Gasteiger partial charge on any atom is -0.497 e. The van der Waals surface area contributed by atoms with Gasteiger partial charge in [-0.2, -0.15) is 0 Å². The van der Waals surface area contributed by atoms with Crippen molar-refractivity contribution in [1.29, 1.82) is 0 Å². The number of nitro groups is 1. The number of non-ortho nitro benzene ring substituents is 1. The molecule has 4 rings (SSSR count). The van der Waals surface area contributed by atoms with Crippen molar-refractivity contribution < 1.29 is 24.0 Å². The fraction of sp³-hybridized carbons (Fsp3) is 0.231. The van der Waals surface area contributed by atoms with E-state index in [0.29, 0.717) is 48.9 Å². The zero-order valence-corrected chi connectivity index (χ0v) is 20.0. The second kappa shape index (κ2) is 10.8. The molecule has 0 radical (unpaired) electrons. The maximum Gasteiger partial charge on any atom is 0.270 e. The van der Waals surface area contributed by atoms with Crippen LogP contribution in [0.3, 0.4) is 0 Å². The maximum atomic E-state index is 13.0. The molecule has 1 heterocycles. The molecule has 0 aromatic heterocycles. The van der Waals surface area contributed by atoms with Crippen molar-refractivity contribution in [3.8, 4) is 11.5 Å². The Hall–Kier alpha value is -4.60. The van der Waals surface area contributed by atoms with Crippen LogP contribution in [0.25, 0.3) is 0 Å². The summed E-state index contributed by atoms with van der Waals surface area (Å²) in [6, 6.07) is 18.1. The van der Waals surface area contributed by atoms with E-state index >= 15 is 0 Å². The van der Waals surface area contributed by atoms with Crippen molar-refractivity contribution in [1.82, 2.24) is 4.90 Å². The number of amides is 2. The predicted molar refractivity (Wildman–Crippen MR) is 135 cm³/mol. The number of piperazine rings is 1. The van der Waals surface area contributed by atoms with E-state index in [4.69, 9.17) is 9.47 Å². The van der Waals surface area contributed by atoms with Crippen molar-refractivity contribution in [2.75, 3.05) is 50.6 Å². The first-order valence-electron chi connectivity index (χ1n) is 11.3. The van der Waals surface area contributed by atoms with Gasteiger partial charge in [-0.25, -0.2) is 0 Å². The van der Waals surface area contributed by atoms with Gasteiger partial charge in [0.05, 0.1) is 19.1 Å². The minimum absolute atomic E-state index is 0.0777. The van der Waals surface area contributed by atoms with Crippen molar-refractivity contribution in [3.63, 3.8) is 0 Å². The van der Waals surface area contributed by atoms with Crippen LogP contribution in [0.4, 0.5) is 17.1 Å². The molecule has 3 aromatic carbocycles. The summed E-state index contributed by atoms with van der Waals surface area (Å²) in [6.45, 7) is 2.44. The van der Waals surface area contributed by atoms with E-state index in [1.165, 1.54) is 24.3 Å². The van der Waals surface area contributed by atoms with Gasteiger partial charge in [0.25, 0.3) is 17.5 Å². The summed E-state index contributed by atoms with van der Waals surface area (Å²) < 4.78 is 10.5. The molecule has 0 spiro atoms. The van der Waals surface area contributed by atoms with E-state index in [1.807, 2.05) is 12.1 Å². The quantitative estimate of drug-likeness (QED) is 0.395. The third kappa shape index (κ3) is 5.54. The van der Waals surface area contributed by atoms with Crippen LogP contribution in [0.2, 0.25) is 0 Å². The maximum absolute atomic E-state index is 13.0. The molecule has 186 valence electrons. The lowest BCUT2D eigenvalue weighted by Crippen LogP contribution is -2.48. The Balaban J connectivity index is 1.35. The van der Waals surface area contributed by atoms with Gasteiger partial charge in [0.2, 0.25) is 0 Å². The number of nitro benzene ring substituents is 1. The number of hydrogen-bond donors (Lipinski definition) is 1. The topological polar surface area (TPSA) is 114 Å². The molecular weight excluding hydrogens is 464 g/mol. The fourth-order valence-electron chi connectivity index (χ4n) is 4.00. The van der Waals surface area contributed by atoms with E-state index in [-0.39, 0.29) is 17.2 Å². The lowest BCUT2D eigenvalue weighted by atomic mass is 10.1. The standard InChI is InChI=1S/C26H26N4O6/c1-35-23-15-19(16-24(17-23)36-2)26(32)29-12-10-28(11-13-29)21-8-6-20(7-9-21)27-25(31)18-4-3-5-22(14-18)30(33)34/h3-9,14-17H,10-13H2,1-2H3,(H,27,31). The molecule has 1 N–H and O–H groups in total. The number of benzene rings is 3. The normalized spacial score (nSPS) is 13.2. The van der Waals surface area contributed by atoms with E-state index in [0.717, 1.165) is 5.69 Å². The molecule has 1 aliphatic heterocycles. The number of methoxy groups -OCH3 is 2. The van der Waals surface area contributed by atoms with Crippen LogP contribution in [0.1, 0.15) is 20.7 Å². The predicted octanol–water partition coefficient (Wildman–Crippen LogP) is 3.83. The Morgan fingerprint density at radius 3 is 2.08 bits per heavy atom. The summed E-state index contributed by atoms with van der Waals surface area (Å²) in [5.41, 5.74) is 2.14. The molecule has 0 aliphatic carbocycles. The van der Waals surface area contributed by atoms with Gasteiger partial charge < -0.3 is 24.6 Å². The van der Waals surface area contributed by atoms with Crippen molar-refractivity contribution >= 4 is 28.9 Å². The number of rotatable bonds is 7. The Bertz CT molecular complexity index is 1250. The van der Waals surface area contributed by atoms with Crippen LogP contribution in [-0.2, 0) is 0 Å². The molecular formula is C26H26N4O6. The highest BCUT2D eigenvalue weighted by molar-refractivity contribution is 6.04. The number of hydrogen-bond acceptors (Lipinski definition) is 7. The molecule has 10 heteroatoms. The average molecular weight is 491 g/mol. The highest BCUT2D eigenvalue weighted by Gasteiger charge is 2.23. The molecule has 36 heavy (non-hydrogen) atoms. The molecule has 1 fully saturated rings. The molecule has 0 atom stereocenters. The largest absolute Gasteiger partial charge is 0.497 e. The van der Waals surface area contributed by atoms with Gasteiger partial charge >= 0.3 is 0 Å². The zero-order chi connectivity index (χ0) is 25.7. The summed E-state index contributed by atoms with van der Waals surface area (Å²) in [5.74, 6) is 0.627. The number of anilines is 2. The summed E-state index contributed by atoms with van der Waals surface area (Å²) in [4.78, 5) is 39.9. The van der Waals surface area contributed by atoms with Crippen molar-refractivity contribution in [2.24, 2.45) is 0 Å². The Morgan fingerprint density at radius 2 is 1.50 bits per heavy atom. The first kappa shape index (κ1) is 24.5.